The summed E-state index contributed by atoms with van der Waals surface area (Å²) in [5.41, 5.74) is 4.41. The van der Waals surface area contributed by atoms with Crippen molar-refractivity contribution in [2.45, 2.75) is 25.2 Å². The van der Waals surface area contributed by atoms with E-state index in [4.69, 9.17) is 0 Å². The van der Waals surface area contributed by atoms with Crippen molar-refractivity contribution in [3.8, 4) is 0 Å². The maximum Gasteiger partial charge on any atom is -0.00870 e. The van der Waals surface area contributed by atoms with E-state index in [0.717, 1.165) is 11.8 Å². The van der Waals surface area contributed by atoms with E-state index < -0.39 is 0 Å². The molecule has 0 unspecified atom stereocenters. The molecule has 1 saturated carbocycles. The second-order valence-electron chi connectivity index (χ2n) is 4.26. The van der Waals surface area contributed by atoms with Crippen LogP contribution in [0.3, 0.4) is 0 Å². The van der Waals surface area contributed by atoms with Crippen LogP contribution in [0.4, 0.5) is 0 Å². The molecule has 3 rings (SSSR count). The smallest absolute Gasteiger partial charge is 0.00870 e. The molecular weight excluding hydrogens is 156 g/mol. The lowest BCUT2D eigenvalue weighted by Gasteiger charge is -2.08. The molecule has 0 aromatic heterocycles. The van der Waals surface area contributed by atoms with E-state index in [2.05, 4.69) is 30.8 Å². The van der Waals surface area contributed by atoms with Crippen LogP contribution in [0.25, 0.3) is 5.57 Å². The summed E-state index contributed by atoms with van der Waals surface area (Å²) in [7, 11) is 0. The van der Waals surface area contributed by atoms with Gasteiger partial charge < -0.3 is 0 Å². The molecule has 0 nitrogen and oxygen atoms in total. The third-order valence-corrected chi connectivity index (χ3v) is 3.67. The molecule has 13 heavy (non-hydrogen) atoms. The summed E-state index contributed by atoms with van der Waals surface area (Å²) in [6, 6.07) is 8.81. The predicted octanol–water partition coefficient (Wildman–Crippen LogP) is 3.60. The maximum absolute atomic E-state index is 4.24. The molecule has 1 aromatic rings. The quantitative estimate of drug-likeness (QED) is 0.558. The number of fused-ring (bicyclic) bond motifs is 3. The van der Waals surface area contributed by atoms with E-state index in [-0.39, 0.29) is 0 Å². The van der Waals surface area contributed by atoms with E-state index >= 15 is 0 Å². The summed E-state index contributed by atoms with van der Waals surface area (Å²) in [5.74, 6) is 1.58. The van der Waals surface area contributed by atoms with Crippen molar-refractivity contribution >= 4 is 5.57 Å². The molecule has 2 aliphatic rings. The molecule has 0 heteroatoms. The van der Waals surface area contributed by atoms with E-state index in [1.807, 2.05) is 0 Å². The van der Waals surface area contributed by atoms with Gasteiger partial charge in [0.2, 0.25) is 0 Å². The van der Waals surface area contributed by atoms with Crippen molar-refractivity contribution in [3.05, 3.63) is 42.0 Å². The van der Waals surface area contributed by atoms with Crippen LogP contribution in [-0.2, 0) is 0 Å². The fraction of sp³-hybridized carbons (Fsp3) is 0.385. The Hall–Kier alpha value is -1.04. The van der Waals surface area contributed by atoms with Crippen LogP contribution in [0.5, 0.6) is 0 Å². The minimum absolute atomic E-state index is 0.775. The van der Waals surface area contributed by atoms with E-state index in [1.165, 1.54) is 30.4 Å². The molecular formula is C13H14. The summed E-state index contributed by atoms with van der Waals surface area (Å²) in [4.78, 5) is 0. The standard InChI is InChI=1S/C13H14/c1-9-10-5-2-3-6-12(10)13-8-4-7-11(9)13/h2-3,5-6,11,13H,1,4,7-8H2/t11-,13-/m1/s1. The first kappa shape index (κ1) is 7.37. The van der Waals surface area contributed by atoms with Crippen molar-refractivity contribution in [1.29, 1.82) is 0 Å². The van der Waals surface area contributed by atoms with Gasteiger partial charge in [-0.25, -0.2) is 0 Å². The van der Waals surface area contributed by atoms with Crippen molar-refractivity contribution in [1.82, 2.24) is 0 Å². The average molecular weight is 170 g/mol. The molecule has 0 N–H and O–H groups in total. The number of hydrogen-bond acceptors (Lipinski definition) is 0. The molecule has 0 amide bonds. The molecule has 0 heterocycles. The summed E-state index contributed by atoms with van der Waals surface area (Å²) >= 11 is 0. The van der Waals surface area contributed by atoms with Gasteiger partial charge in [-0.2, -0.15) is 0 Å². The van der Waals surface area contributed by atoms with Gasteiger partial charge in [-0.15, -0.1) is 0 Å². The zero-order valence-corrected chi connectivity index (χ0v) is 7.79. The van der Waals surface area contributed by atoms with Crippen LogP contribution >= 0.6 is 0 Å². The van der Waals surface area contributed by atoms with Gasteiger partial charge in [0, 0.05) is 0 Å². The molecule has 2 aliphatic carbocycles. The molecule has 0 bridgehead atoms. The highest BCUT2D eigenvalue weighted by atomic mass is 14.4. The van der Waals surface area contributed by atoms with Crippen LogP contribution in [0.15, 0.2) is 30.8 Å². The van der Waals surface area contributed by atoms with Crippen LogP contribution in [0.1, 0.15) is 36.3 Å². The summed E-state index contributed by atoms with van der Waals surface area (Å²) in [6.07, 6.45) is 4.13. The van der Waals surface area contributed by atoms with Crippen molar-refractivity contribution in [2.75, 3.05) is 0 Å². The predicted molar refractivity (Wildman–Crippen MR) is 55.6 cm³/mol. The molecule has 66 valence electrons. The normalized spacial score (nSPS) is 30.3. The Morgan fingerprint density at radius 3 is 2.77 bits per heavy atom. The molecule has 0 aliphatic heterocycles. The Bertz CT molecular complexity index is 362. The Labute approximate surface area is 79.3 Å². The zero-order valence-electron chi connectivity index (χ0n) is 7.79. The Morgan fingerprint density at radius 2 is 1.85 bits per heavy atom. The Morgan fingerprint density at radius 1 is 1.08 bits per heavy atom. The van der Waals surface area contributed by atoms with Crippen molar-refractivity contribution < 1.29 is 0 Å². The van der Waals surface area contributed by atoms with Gasteiger partial charge >= 0.3 is 0 Å². The number of hydrogen-bond donors (Lipinski definition) is 0. The van der Waals surface area contributed by atoms with Crippen molar-refractivity contribution in [2.24, 2.45) is 5.92 Å². The Balaban J connectivity index is 2.19. The Kier molecular flexibility index (Phi) is 1.40. The van der Waals surface area contributed by atoms with Gasteiger partial charge in [-0.1, -0.05) is 37.3 Å². The summed E-state index contributed by atoms with van der Waals surface area (Å²) in [6.45, 7) is 4.24. The van der Waals surface area contributed by atoms with Gasteiger partial charge in [-0.3, -0.25) is 0 Å². The van der Waals surface area contributed by atoms with Crippen LogP contribution in [0.2, 0.25) is 0 Å². The van der Waals surface area contributed by atoms with E-state index in [0.29, 0.717) is 0 Å². The summed E-state index contributed by atoms with van der Waals surface area (Å²) < 4.78 is 0. The molecule has 0 spiro atoms. The SMILES string of the molecule is C=C1c2ccccc2[C@@H]2CCC[C@H]12. The lowest BCUT2D eigenvalue weighted by molar-refractivity contribution is 0.637. The second-order valence-corrected chi connectivity index (χ2v) is 4.26. The van der Waals surface area contributed by atoms with E-state index in [9.17, 15) is 0 Å². The van der Waals surface area contributed by atoms with Crippen LogP contribution in [-0.4, -0.2) is 0 Å². The minimum Gasteiger partial charge on any atom is -0.0949 e. The molecule has 2 atom stereocenters. The fourth-order valence-electron chi connectivity index (χ4n) is 3.06. The fourth-order valence-corrected chi connectivity index (χ4v) is 3.06. The maximum atomic E-state index is 4.24. The molecule has 0 saturated heterocycles. The lowest BCUT2D eigenvalue weighted by atomic mass is 9.95. The first-order valence-electron chi connectivity index (χ1n) is 5.16. The van der Waals surface area contributed by atoms with Gasteiger partial charge in [-0.05, 0) is 41.4 Å². The molecule has 0 radical (unpaired) electrons. The number of rotatable bonds is 0. The third kappa shape index (κ3) is 0.861. The minimum atomic E-state index is 0.775. The zero-order chi connectivity index (χ0) is 8.84. The van der Waals surface area contributed by atoms with Crippen LogP contribution in [0, 0.1) is 5.92 Å². The second kappa shape index (κ2) is 2.47. The monoisotopic (exact) mass is 170 g/mol. The average Bonchev–Trinajstić information content (AvgIpc) is 2.72. The molecule has 1 aromatic carbocycles. The van der Waals surface area contributed by atoms with Crippen molar-refractivity contribution in [3.63, 3.8) is 0 Å². The highest BCUT2D eigenvalue weighted by Crippen LogP contribution is 2.53. The highest BCUT2D eigenvalue weighted by Gasteiger charge is 2.37. The molecule has 1 fully saturated rings. The van der Waals surface area contributed by atoms with Crippen LogP contribution < -0.4 is 0 Å². The highest BCUT2D eigenvalue weighted by molar-refractivity contribution is 5.74. The third-order valence-electron chi connectivity index (χ3n) is 3.67. The van der Waals surface area contributed by atoms with Gasteiger partial charge in [0.25, 0.3) is 0 Å². The van der Waals surface area contributed by atoms with Gasteiger partial charge in [0.05, 0.1) is 0 Å². The topological polar surface area (TPSA) is 0 Å². The lowest BCUT2D eigenvalue weighted by Crippen LogP contribution is -1.96. The van der Waals surface area contributed by atoms with Gasteiger partial charge in [0.15, 0.2) is 0 Å². The van der Waals surface area contributed by atoms with E-state index in [1.54, 1.807) is 5.56 Å². The number of allylic oxidation sites excluding steroid dienone is 1. The first-order valence-corrected chi connectivity index (χ1v) is 5.16. The largest absolute Gasteiger partial charge is 0.0949 e. The first-order chi connectivity index (χ1) is 6.38. The number of benzene rings is 1. The van der Waals surface area contributed by atoms with Gasteiger partial charge in [0.1, 0.15) is 0 Å². The summed E-state index contributed by atoms with van der Waals surface area (Å²) in [5, 5.41) is 0.